The summed E-state index contributed by atoms with van der Waals surface area (Å²) in [6.45, 7) is 8.89. The topological polar surface area (TPSA) is 205 Å². The molecule has 1 saturated heterocycles. The third-order valence-corrected chi connectivity index (χ3v) is 10.8. The summed E-state index contributed by atoms with van der Waals surface area (Å²) in [5, 5.41) is 34.6. The first kappa shape index (κ1) is 37.8. The van der Waals surface area contributed by atoms with Crippen LogP contribution in [0.15, 0.2) is 66.7 Å². The van der Waals surface area contributed by atoms with Gasteiger partial charge in [0.2, 0.25) is 11.8 Å². The van der Waals surface area contributed by atoms with E-state index >= 15 is 0 Å². The summed E-state index contributed by atoms with van der Waals surface area (Å²) in [7, 11) is -3.38. The second kappa shape index (κ2) is 15.6. The molecular formula is C35H39IN6O9P. The molecule has 0 bridgehead atoms. The molecule has 7 atom stereocenters. The Hall–Kier alpha value is -3.90. The Labute approximate surface area is 313 Å². The first-order valence-electron chi connectivity index (χ1n) is 16.5. The first-order chi connectivity index (χ1) is 24.8. The van der Waals surface area contributed by atoms with Crippen molar-refractivity contribution in [2.24, 2.45) is 5.92 Å². The Morgan fingerprint density at radius 1 is 1.15 bits per heavy atom. The molecule has 1 aliphatic heterocycles. The average molecular weight is 846 g/mol. The van der Waals surface area contributed by atoms with Crippen LogP contribution in [0.5, 0.6) is 11.6 Å². The van der Waals surface area contributed by atoms with Crippen LogP contribution in [0.3, 0.4) is 0 Å². The van der Waals surface area contributed by atoms with Crippen molar-refractivity contribution in [1.82, 2.24) is 24.4 Å². The van der Waals surface area contributed by atoms with Crippen LogP contribution >= 0.6 is 30.8 Å². The van der Waals surface area contributed by atoms with Crippen LogP contribution in [-0.4, -0.2) is 76.7 Å². The minimum absolute atomic E-state index is 0.0919. The summed E-state index contributed by atoms with van der Waals surface area (Å²) in [6.07, 6.45) is -4.27. The monoisotopic (exact) mass is 845 g/mol. The van der Waals surface area contributed by atoms with E-state index in [0.29, 0.717) is 32.7 Å². The highest BCUT2D eigenvalue weighted by Gasteiger charge is 2.54. The second-order valence-electron chi connectivity index (χ2n) is 12.6. The van der Waals surface area contributed by atoms with E-state index in [0.717, 1.165) is 10.2 Å². The molecule has 0 saturated carbocycles. The molecule has 1 aliphatic rings. The van der Waals surface area contributed by atoms with E-state index in [2.05, 4.69) is 21.9 Å². The predicted molar refractivity (Wildman–Crippen MR) is 201 cm³/mol. The summed E-state index contributed by atoms with van der Waals surface area (Å²) in [6, 6.07) is 18.9. The van der Waals surface area contributed by atoms with Crippen LogP contribution in [0.4, 0.5) is 5.95 Å². The van der Waals surface area contributed by atoms with Gasteiger partial charge < -0.3 is 35.1 Å². The quantitative estimate of drug-likeness (QED) is 0.0484. The van der Waals surface area contributed by atoms with Gasteiger partial charge in [0, 0.05) is 34.4 Å². The summed E-state index contributed by atoms with van der Waals surface area (Å²) in [5.41, 5.74) is 5.69. The minimum Gasteiger partial charge on any atom is -0.481 e. The fourth-order valence-corrected chi connectivity index (χ4v) is 8.41. The third kappa shape index (κ3) is 7.46. The van der Waals surface area contributed by atoms with Gasteiger partial charge in [0.1, 0.15) is 23.6 Å². The van der Waals surface area contributed by atoms with Crippen LogP contribution < -0.4 is 15.0 Å². The molecule has 0 aliphatic carbocycles. The lowest BCUT2D eigenvalue weighted by molar-refractivity contribution is -0.172. The largest absolute Gasteiger partial charge is 0.481 e. The molecule has 0 spiro atoms. The number of hydroxylamine groups is 1. The van der Waals surface area contributed by atoms with Crippen LogP contribution in [-0.2, 0) is 18.9 Å². The maximum atomic E-state index is 14.4. The predicted octanol–water partition coefficient (Wildman–Crippen LogP) is 5.31. The van der Waals surface area contributed by atoms with Crippen molar-refractivity contribution in [3.63, 3.8) is 0 Å². The number of aromatic nitrogens is 4. The number of aliphatic hydroxyl groups is 2. The zero-order valence-electron chi connectivity index (χ0n) is 28.5. The highest BCUT2D eigenvalue weighted by Crippen LogP contribution is 2.47. The number of carboxylic acid groups (broad SMARTS) is 1. The van der Waals surface area contributed by atoms with E-state index in [-0.39, 0.29) is 29.4 Å². The fraction of sp³-hybridized carbons (Fsp3) is 0.343. The van der Waals surface area contributed by atoms with Gasteiger partial charge in [-0.15, -0.1) is 0 Å². The molecule has 6 rings (SSSR count). The number of hydrogen-bond donors (Lipinski definition) is 4. The van der Waals surface area contributed by atoms with Crippen molar-refractivity contribution >= 4 is 64.6 Å². The van der Waals surface area contributed by atoms with Crippen molar-refractivity contribution in [2.45, 2.75) is 57.3 Å². The molecule has 5 aromatic rings. The van der Waals surface area contributed by atoms with Crippen LogP contribution in [0.2, 0.25) is 0 Å². The molecular weight excluding hydrogens is 806 g/mol. The molecule has 0 amide bonds. The SMILES string of the molecule is [CH2]c1ccccc1C(C(C)CC(=O)O)N(OC[C@H]1O[C@@H](n2c(I)nc3c(OCC)nc(N)nc32)[C@](C)(O)[C@@H]1O)[PH](=O)Oc1cccc2ccccc12. The lowest BCUT2D eigenvalue weighted by Crippen LogP contribution is -2.45. The Morgan fingerprint density at radius 2 is 1.87 bits per heavy atom. The number of nitrogens with two attached hydrogens (primary N) is 1. The zero-order chi connectivity index (χ0) is 37.3. The van der Waals surface area contributed by atoms with Crippen molar-refractivity contribution in [3.8, 4) is 11.6 Å². The molecule has 275 valence electrons. The van der Waals surface area contributed by atoms with Gasteiger partial charge in [0.05, 0.1) is 19.3 Å². The number of rotatable bonds is 14. The molecule has 15 nitrogen and oxygen atoms in total. The number of imidazole rings is 1. The molecule has 3 unspecified atom stereocenters. The number of carboxylic acids is 1. The second-order valence-corrected chi connectivity index (χ2v) is 14.8. The van der Waals surface area contributed by atoms with Gasteiger partial charge in [0.25, 0.3) is 0 Å². The molecule has 1 fully saturated rings. The number of halogens is 1. The molecule has 17 heteroatoms. The van der Waals surface area contributed by atoms with Gasteiger partial charge in [-0.2, -0.15) is 9.97 Å². The molecule has 5 N–H and O–H groups in total. The number of aliphatic hydroxyl groups excluding tert-OH is 1. The number of fused-ring (bicyclic) bond motifs is 2. The smallest absolute Gasteiger partial charge is 0.331 e. The number of benzene rings is 3. The number of nitrogen functional groups attached to an aromatic ring is 1. The van der Waals surface area contributed by atoms with Crippen LogP contribution in [0.25, 0.3) is 21.9 Å². The zero-order valence-corrected chi connectivity index (χ0v) is 31.7. The highest BCUT2D eigenvalue weighted by molar-refractivity contribution is 14.1. The van der Waals surface area contributed by atoms with E-state index in [4.69, 9.17) is 24.6 Å². The Morgan fingerprint density at radius 3 is 2.60 bits per heavy atom. The Kier molecular flexibility index (Phi) is 11.4. The van der Waals surface area contributed by atoms with Gasteiger partial charge >= 0.3 is 14.1 Å². The summed E-state index contributed by atoms with van der Waals surface area (Å²) >= 11 is 1.95. The normalized spacial score (nSPS) is 22.1. The Bertz CT molecular complexity index is 2110. The summed E-state index contributed by atoms with van der Waals surface area (Å²) in [5.74, 6) is -1.34. The van der Waals surface area contributed by atoms with Gasteiger partial charge in [-0.3, -0.25) is 18.8 Å². The summed E-state index contributed by atoms with van der Waals surface area (Å²) < 4.78 is 34.3. The van der Waals surface area contributed by atoms with Gasteiger partial charge in [-0.05, 0) is 49.3 Å². The first-order valence-corrected chi connectivity index (χ1v) is 18.8. The molecule has 1 radical (unpaired) electrons. The van der Waals surface area contributed by atoms with Gasteiger partial charge in [0.15, 0.2) is 21.2 Å². The van der Waals surface area contributed by atoms with E-state index in [9.17, 15) is 24.7 Å². The van der Waals surface area contributed by atoms with Crippen molar-refractivity contribution < 1.29 is 43.5 Å². The lowest BCUT2D eigenvalue weighted by atomic mass is 9.90. The van der Waals surface area contributed by atoms with Crippen LogP contribution in [0, 0.1) is 16.7 Å². The van der Waals surface area contributed by atoms with Gasteiger partial charge in [-0.1, -0.05) is 72.4 Å². The average Bonchev–Trinajstić information content (AvgIpc) is 3.53. The molecule has 3 aromatic carbocycles. The lowest BCUT2D eigenvalue weighted by Gasteiger charge is -2.35. The number of nitrogens with zero attached hydrogens (tertiary/aromatic N) is 5. The highest BCUT2D eigenvalue weighted by atomic mass is 127. The maximum Gasteiger partial charge on any atom is 0.331 e. The number of ether oxygens (including phenoxy) is 2. The van der Waals surface area contributed by atoms with E-state index in [1.54, 1.807) is 50.2 Å². The molecule has 52 heavy (non-hydrogen) atoms. The molecule has 3 heterocycles. The Balaban J connectivity index is 1.36. The number of anilines is 1. The number of hydrogen-bond acceptors (Lipinski definition) is 12. The van der Waals surface area contributed by atoms with E-state index < -0.39 is 56.8 Å². The fourth-order valence-electron chi connectivity index (χ4n) is 6.43. The van der Waals surface area contributed by atoms with E-state index in [1.165, 1.54) is 11.5 Å². The minimum atomic E-state index is -3.38. The van der Waals surface area contributed by atoms with Crippen molar-refractivity contribution in [3.05, 3.63) is 88.6 Å². The third-order valence-electron chi connectivity index (χ3n) is 8.92. The standard InChI is InChI=1S/C35H39IN6O9P/c1-5-48-31-27-30(39-34(37)40-31)41(33(36)38-27)32-35(4,46)29(45)25(50-32)18-49-42(28(20(3)17-26(43)44)22-14-8-6-11-19(22)2)52(47)51-24-16-10-13-21-12-7-9-15-23(21)24/h6-16,20,25,28-29,32,45-46,52H,2,5,17-18H2,1,3-4H3,(H,43,44)(H2,37,39,40)/t20?,25-,28?,29-,32-,35-/m1/s1. The van der Waals surface area contributed by atoms with Crippen molar-refractivity contribution in [1.29, 1.82) is 0 Å². The molecule has 2 aromatic heterocycles. The number of aliphatic carboxylic acids is 1. The van der Waals surface area contributed by atoms with Crippen molar-refractivity contribution in [2.75, 3.05) is 18.9 Å². The van der Waals surface area contributed by atoms with E-state index in [1.807, 2.05) is 52.9 Å². The summed E-state index contributed by atoms with van der Waals surface area (Å²) in [4.78, 5) is 32.4. The van der Waals surface area contributed by atoms with Gasteiger partial charge in [-0.25, -0.2) is 4.98 Å². The number of carbonyl (C=O) groups is 1. The van der Waals surface area contributed by atoms with Crippen LogP contribution in [0.1, 0.15) is 50.6 Å². The maximum absolute atomic E-state index is 14.4.